The smallest absolute Gasteiger partial charge is 0.338 e. The molecule has 0 saturated carbocycles. The minimum atomic E-state index is -0.391. The molecule has 2 aromatic carbocycles. The molecule has 5 heteroatoms. The number of halogens is 2. The van der Waals surface area contributed by atoms with Gasteiger partial charge in [0.05, 0.1) is 18.2 Å². The van der Waals surface area contributed by atoms with Gasteiger partial charge in [-0.1, -0.05) is 15.9 Å². The van der Waals surface area contributed by atoms with Gasteiger partial charge in [-0.3, -0.25) is 0 Å². The molecular weight excluding hydrogens is 337 g/mol. The summed E-state index contributed by atoms with van der Waals surface area (Å²) in [7, 11) is 1.35. The van der Waals surface area contributed by atoms with Gasteiger partial charge < -0.3 is 9.30 Å². The first kappa shape index (κ1) is 13.8. The van der Waals surface area contributed by atoms with E-state index in [0.29, 0.717) is 5.56 Å². The van der Waals surface area contributed by atoms with E-state index >= 15 is 0 Å². The van der Waals surface area contributed by atoms with E-state index < -0.39 is 5.97 Å². The Bertz CT molecular complexity index is 824. The van der Waals surface area contributed by atoms with Crippen molar-refractivity contribution in [2.75, 3.05) is 7.11 Å². The van der Waals surface area contributed by atoms with Crippen molar-refractivity contribution in [3.8, 4) is 5.69 Å². The average molecular weight is 348 g/mol. The van der Waals surface area contributed by atoms with Crippen molar-refractivity contribution in [2.24, 2.45) is 0 Å². The van der Waals surface area contributed by atoms with Crippen molar-refractivity contribution in [3.63, 3.8) is 0 Å². The van der Waals surface area contributed by atoms with Crippen LogP contribution in [0.25, 0.3) is 16.6 Å². The van der Waals surface area contributed by atoms with Gasteiger partial charge in [0.15, 0.2) is 0 Å². The quantitative estimate of drug-likeness (QED) is 0.646. The molecule has 3 nitrogen and oxygen atoms in total. The lowest BCUT2D eigenvalue weighted by atomic mass is 10.1. The minimum absolute atomic E-state index is 0.286. The topological polar surface area (TPSA) is 31.2 Å². The fourth-order valence-electron chi connectivity index (χ4n) is 2.31. The number of carbonyl (C=O) groups is 1. The van der Waals surface area contributed by atoms with Crippen molar-refractivity contribution in [3.05, 3.63) is 64.5 Å². The standard InChI is InChI=1S/C16H11BrFNO2/c1-21-16(20)14-8-10(17)9-15-13(14)6-7-19(15)12-4-2-11(18)3-5-12/h2-9H,1H3. The number of hydrogen-bond acceptors (Lipinski definition) is 2. The summed E-state index contributed by atoms with van der Waals surface area (Å²) in [6.45, 7) is 0. The summed E-state index contributed by atoms with van der Waals surface area (Å²) in [5.74, 6) is -0.676. The molecule has 3 rings (SSSR count). The Hall–Kier alpha value is -2.14. The van der Waals surface area contributed by atoms with Crippen LogP contribution in [0.15, 0.2) is 53.1 Å². The van der Waals surface area contributed by atoms with Gasteiger partial charge in [0.2, 0.25) is 0 Å². The molecular formula is C16H11BrFNO2. The number of benzene rings is 2. The van der Waals surface area contributed by atoms with Crippen molar-refractivity contribution < 1.29 is 13.9 Å². The Morgan fingerprint density at radius 1 is 1.19 bits per heavy atom. The van der Waals surface area contributed by atoms with Gasteiger partial charge in [-0.05, 0) is 42.5 Å². The summed E-state index contributed by atoms with van der Waals surface area (Å²) in [5.41, 5.74) is 2.15. The lowest BCUT2D eigenvalue weighted by Gasteiger charge is -2.08. The molecule has 0 aliphatic rings. The monoisotopic (exact) mass is 347 g/mol. The number of aromatic nitrogens is 1. The van der Waals surface area contributed by atoms with E-state index in [0.717, 1.165) is 21.1 Å². The molecule has 1 heterocycles. The van der Waals surface area contributed by atoms with Crippen molar-refractivity contribution in [1.29, 1.82) is 0 Å². The van der Waals surface area contributed by atoms with Gasteiger partial charge in [0, 0.05) is 21.7 Å². The van der Waals surface area contributed by atoms with Crippen molar-refractivity contribution in [2.45, 2.75) is 0 Å². The highest BCUT2D eigenvalue weighted by molar-refractivity contribution is 9.10. The molecule has 21 heavy (non-hydrogen) atoms. The molecule has 106 valence electrons. The van der Waals surface area contributed by atoms with E-state index in [4.69, 9.17) is 4.74 Å². The van der Waals surface area contributed by atoms with Crippen LogP contribution in [-0.2, 0) is 4.74 Å². The third-order valence-electron chi connectivity index (χ3n) is 3.28. The predicted octanol–water partition coefficient (Wildman–Crippen LogP) is 4.32. The number of methoxy groups -OCH3 is 1. The lowest BCUT2D eigenvalue weighted by molar-refractivity contribution is 0.0603. The summed E-state index contributed by atoms with van der Waals surface area (Å²) in [5, 5.41) is 0.786. The zero-order valence-electron chi connectivity index (χ0n) is 11.1. The van der Waals surface area contributed by atoms with Crippen molar-refractivity contribution in [1.82, 2.24) is 4.57 Å². The number of hydrogen-bond donors (Lipinski definition) is 0. The Morgan fingerprint density at radius 2 is 1.90 bits per heavy atom. The van der Waals surface area contributed by atoms with E-state index in [1.54, 1.807) is 18.2 Å². The maximum absolute atomic E-state index is 13.0. The molecule has 0 aliphatic heterocycles. The highest BCUT2D eigenvalue weighted by atomic mass is 79.9. The SMILES string of the molecule is COC(=O)c1cc(Br)cc2c1ccn2-c1ccc(F)cc1. The Labute approximate surface area is 129 Å². The van der Waals surface area contributed by atoms with E-state index in [2.05, 4.69) is 15.9 Å². The maximum atomic E-state index is 13.0. The summed E-state index contributed by atoms with van der Waals surface area (Å²) in [4.78, 5) is 11.9. The maximum Gasteiger partial charge on any atom is 0.338 e. The molecule has 0 unspecified atom stereocenters. The molecule has 0 N–H and O–H groups in total. The van der Waals surface area contributed by atoms with Crippen molar-refractivity contribution >= 4 is 32.8 Å². The van der Waals surface area contributed by atoms with Crippen LogP contribution >= 0.6 is 15.9 Å². The zero-order chi connectivity index (χ0) is 15.0. The van der Waals surface area contributed by atoms with Crippen LogP contribution in [0.3, 0.4) is 0 Å². The molecule has 3 aromatic rings. The molecule has 0 spiro atoms. The summed E-state index contributed by atoms with van der Waals surface area (Å²) in [6.07, 6.45) is 1.84. The van der Waals surface area contributed by atoms with E-state index in [1.165, 1.54) is 19.2 Å². The summed E-state index contributed by atoms with van der Waals surface area (Å²) in [6, 6.07) is 11.7. The molecule has 1 aromatic heterocycles. The van der Waals surface area contributed by atoms with Gasteiger partial charge in [-0.25, -0.2) is 9.18 Å². The highest BCUT2D eigenvalue weighted by Gasteiger charge is 2.14. The Balaban J connectivity index is 2.25. The van der Waals surface area contributed by atoms with E-state index in [9.17, 15) is 9.18 Å². The van der Waals surface area contributed by atoms with Crippen LogP contribution < -0.4 is 0 Å². The second-order valence-electron chi connectivity index (χ2n) is 4.54. The van der Waals surface area contributed by atoms with Crippen LogP contribution in [0.1, 0.15) is 10.4 Å². The molecule has 0 aliphatic carbocycles. The largest absolute Gasteiger partial charge is 0.465 e. The third-order valence-corrected chi connectivity index (χ3v) is 3.74. The number of esters is 1. The molecule has 0 amide bonds. The lowest BCUT2D eigenvalue weighted by Crippen LogP contribution is -2.02. The zero-order valence-corrected chi connectivity index (χ0v) is 12.7. The third kappa shape index (κ3) is 2.45. The predicted molar refractivity (Wildman–Crippen MR) is 82.3 cm³/mol. The molecule has 0 bridgehead atoms. The van der Waals surface area contributed by atoms with Crippen LogP contribution in [-0.4, -0.2) is 17.6 Å². The second kappa shape index (κ2) is 5.33. The molecule has 0 radical (unpaired) electrons. The number of rotatable bonds is 2. The molecule has 0 fully saturated rings. The number of carbonyl (C=O) groups excluding carboxylic acids is 1. The van der Waals surface area contributed by atoms with Crippen LogP contribution in [0.5, 0.6) is 0 Å². The fourth-order valence-corrected chi connectivity index (χ4v) is 2.76. The Kier molecular flexibility index (Phi) is 3.51. The average Bonchev–Trinajstić information content (AvgIpc) is 2.90. The minimum Gasteiger partial charge on any atom is -0.465 e. The fraction of sp³-hybridized carbons (Fsp3) is 0.0625. The van der Waals surface area contributed by atoms with E-state index in [1.807, 2.05) is 22.9 Å². The Morgan fingerprint density at radius 3 is 2.57 bits per heavy atom. The second-order valence-corrected chi connectivity index (χ2v) is 5.46. The summed E-state index contributed by atoms with van der Waals surface area (Å²) >= 11 is 3.40. The first-order valence-electron chi connectivity index (χ1n) is 6.25. The van der Waals surface area contributed by atoms with Gasteiger partial charge in [0.1, 0.15) is 5.82 Å². The van der Waals surface area contributed by atoms with Gasteiger partial charge in [-0.15, -0.1) is 0 Å². The molecule has 0 atom stereocenters. The van der Waals surface area contributed by atoms with Crippen LogP contribution in [0, 0.1) is 5.82 Å². The van der Waals surface area contributed by atoms with E-state index in [-0.39, 0.29) is 5.82 Å². The first-order valence-corrected chi connectivity index (χ1v) is 7.04. The molecule has 0 saturated heterocycles. The van der Waals surface area contributed by atoms with Gasteiger partial charge in [0.25, 0.3) is 0 Å². The van der Waals surface area contributed by atoms with Crippen LogP contribution in [0.2, 0.25) is 0 Å². The number of fused-ring (bicyclic) bond motifs is 1. The first-order chi connectivity index (χ1) is 10.1. The summed E-state index contributed by atoms with van der Waals surface area (Å²) < 4.78 is 20.5. The van der Waals surface area contributed by atoms with Gasteiger partial charge in [-0.2, -0.15) is 0 Å². The highest BCUT2D eigenvalue weighted by Crippen LogP contribution is 2.28. The van der Waals surface area contributed by atoms with Gasteiger partial charge >= 0.3 is 5.97 Å². The van der Waals surface area contributed by atoms with Crippen LogP contribution in [0.4, 0.5) is 4.39 Å². The number of ether oxygens (including phenoxy) is 1. The number of nitrogens with zero attached hydrogens (tertiary/aromatic N) is 1. The normalized spacial score (nSPS) is 10.8.